The van der Waals surface area contributed by atoms with Crippen LogP contribution in [0, 0.1) is 5.92 Å². The maximum atomic E-state index is 11.3. The zero-order chi connectivity index (χ0) is 15.2. The van der Waals surface area contributed by atoms with Gasteiger partial charge in [0.1, 0.15) is 6.61 Å². The van der Waals surface area contributed by atoms with Crippen LogP contribution < -0.4 is 0 Å². The lowest BCUT2D eigenvalue weighted by atomic mass is 10.1. The first-order valence-electron chi connectivity index (χ1n) is 7.83. The van der Waals surface area contributed by atoms with Gasteiger partial charge in [0.05, 0.1) is 6.10 Å². The van der Waals surface area contributed by atoms with Gasteiger partial charge in [-0.3, -0.25) is 4.79 Å². The number of hydrogen-bond donors (Lipinski definition) is 0. The van der Waals surface area contributed by atoms with Gasteiger partial charge < -0.3 is 14.2 Å². The molecule has 0 rings (SSSR count). The minimum Gasteiger partial charge on any atom is -0.381 e. The van der Waals surface area contributed by atoms with Crippen LogP contribution in [-0.4, -0.2) is 44.9 Å². The third-order valence-electron chi connectivity index (χ3n) is 2.85. The standard InChI is InChI=1S/C16H32O4/c1-14(2)16(17)13-19-11-8-10-18-9-6-5-7-12-20-15(3)4/h14-15H,5-13H2,1-4H3. The Kier molecular flexibility index (Phi) is 13.2. The van der Waals surface area contributed by atoms with Crippen LogP contribution >= 0.6 is 0 Å². The lowest BCUT2D eigenvalue weighted by molar-refractivity contribution is -0.126. The lowest BCUT2D eigenvalue weighted by Gasteiger charge is -2.08. The molecule has 4 nitrogen and oxygen atoms in total. The molecule has 0 bridgehead atoms. The number of ketones is 1. The predicted octanol–water partition coefficient (Wildman–Crippen LogP) is 3.23. The molecule has 20 heavy (non-hydrogen) atoms. The molecule has 0 aromatic heterocycles. The molecule has 0 N–H and O–H groups in total. The monoisotopic (exact) mass is 288 g/mol. The smallest absolute Gasteiger partial charge is 0.160 e. The van der Waals surface area contributed by atoms with Gasteiger partial charge in [0, 0.05) is 32.3 Å². The van der Waals surface area contributed by atoms with Gasteiger partial charge in [-0.15, -0.1) is 0 Å². The maximum absolute atomic E-state index is 11.3. The number of ether oxygens (including phenoxy) is 3. The van der Waals surface area contributed by atoms with Gasteiger partial charge in [0.2, 0.25) is 0 Å². The highest BCUT2D eigenvalue weighted by molar-refractivity contribution is 5.81. The molecule has 0 radical (unpaired) electrons. The van der Waals surface area contributed by atoms with Crippen molar-refractivity contribution < 1.29 is 19.0 Å². The molecule has 0 fully saturated rings. The average molecular weight is 288 g/mol. The number of Topliss-reactive ketones (excluding diaryl/α,β-unsaturated/α-hetero) is 1. The van der Waals surface area contributed by atoms with E-state index in [1.807, 2.05) is 13.8 Å². The zero-order valence-electron chi connectivity index (χ0n) is 13.7. The second-order valence-electron chi connectivity index (χ2n) is 5.62. The Bertz CT molecular complexity index is 227. The van der Waals surface area contributed by atoms with Crippen molar-refractivity contribution in [1.29, 1.82) is 0 Å². The molecule has 0 saturated heterocycles. The van der Waals surface area contributed by atoms with E-state index in [-0.39, 0.29) is 18.3 Å². The second kappa shape index (κ2) is 13.5. The van der Waals surface area contributed by atoms with Crippen LogP contribution in [0.25, 0.3) is 0 Å². The first-order chi connectivity index (χ1) is 9.54. The van der Waals surface area contributed by atoms with Gasteiger partial charge in [-0.25, -0.2) is 0 Å². The summed E-state index contributed by atoms with van der Waals surface area (Å²) < 4.78 is 16.3. The highest BCUT2D eigenvalue weighted by Gasteiger charge is 2.06. The van der Waals surface area contributed by atoms with E-state index < -0.39 is 0 Å². The molecule has 4 heteroatoms. The van der Waals surface area contributed by atoms with E-state index in [0.29, 0.717) is 19.3 Å². The van der Waals surface area contributed by atoms with Crippen molar-refractivity contribution in [2.45, 2.75) is 59.5 Å². The third-order valence-corrected chi connectivity index (χ3v) is 2.85. The summed E-state index contributed by atoms with van der Waals surface area (Å²) in [6.45, 7) is 11.1. The first kappa shape index (κ1) is 19.6. The summed E-state index contributed by atoms with van der Waals surface area (Å²) in [6.07, 6.45) is 4.50. The zero-order valence-corrected chi connectivity index (χ0v) is 13.7. The van der Waals surface area contributed by atoms with E-state index in [2.05, 4.69) is 13.8 Å². The molecule has 0 saturated carbocycles. The lowest BCUT2D eigenvalue weighted by Crippen LogP contribution is -2.15. The summed E-state index contributed by atoms with van der Waals surface area (Å²) in [6, 6.07) is 0. The fourth-order valence-corrected chi connectivity index (χ4v) is 1.51. The molecule has 0 amide bonds. The van der Waals surface area contributed by atoms with Crippen LogP contribution in [0.1, 0.15) is 53.4 Å². The molecule has 0 spiro atoms. The molecule has 0 aliphatic rings. The highest BCUT2D eigenvalue weighted by Crippen LogP contribution is 1.99. The number of carbonyl (C=O) groups excluding carboxylic acids is 1. The van der Waals surface area contributed by atoms with Crippen molar-refractivity contribution in [2.75, 3.05) is 33.0 Å². The summed E-state index contributed by atoms with van der Waals surface area (Å²) in [5, 5.41) is 0. The minimum atomic E-state index is 0.0610. The van der Waals surface area contributed by atoms with E-state index in [9.17, 15) is 4.79 Å². The molecule has 0 aromatic rings. The van der Waals surface area contributed by atoms with Crippen molar-refractivity contribution in [3.8, 4) is 0 Å². The molecule has 0 heterocycles. The predicted molar refractivity (Wildman–Crippen MR) is 81.0 cm³/mol. The van der Waals surface area contributed by atoms with Crippen LogP contribution in [0.4, 0.5) is 0 Å². The molecule has 0 unspecified atom stereocenters. The number of rotatable bonds is 14. The molecule has 0 atom stereocenters. The van der Waals surface area contributed by atoms with E-state index >= 15 is 0 Å². The van der Waals surface area contributed by atoms with E-state index in [0.717, 1.165) is 38.9 Å². The van der Waals surface area contributed by atoms with Gasteiger partial charge >= 0.3 is 0 Å². The van der Waals surface area contributed by atoms with Gasteiger partial charge in [-0.05, 0) is 39.5 Å². The average Bonchev–Trinajstić information content (AvgIpc) is 2.39. The summed E-state index contributed by atoms with van der Waals surface area (Å²) in [7, 11) is 0. The van der Waals surface area contributed by atoms with Crippen LogP contribution in [0.5, 0.6) is 0 Å². The van der Waals surface area contributed by atoms with E-state index in [1.165, 1.54) is 0 Å². The van der Waals surface area contributed by atoms with E-state index in [4.69, 9.17) is 14.2 Å². The van der Waals surface area contributed by atoms with Crippen molar-refractivity contribution in [2.24, 2.45) is 5.92 Å². The Hall–Kier alpha value is -0.450. The van der Waals surface area contributed by atoms with Crippen LogP contribution in [0.3, 0.4) is 0 Å². The topological polar surface area (TPSA) is 44.8 Å². The summed E-state index contributed by atoms with van der Waals surface area (Å²) in [5.41, 5.74) is 0. The molecule has 0 aromatic carbocycles. The summed E-state index contributed by atoms with van der Waals surface area (Å²) >= 11 is 0. The fraction of sp³-hybridized carbons (Fsp3) is 0.938. The summed E-state index contributed by atoms with van der Waals surface area (Å²) in [4.78, 5) is 11.3. The van der Waals surface area contributed by atoms with Gasteiger partial charge in [-0.2, -0.15) is 0 Å². The number of unbranched alkanes of at least 4 members (excludes halogenated alkanes) is 2. The fourth-order valence-electron chi connectivity index (χ4n) is 1.51. The summed E-state index contributed by atoms with van der Waals surface area (Å²) in [5.74, 6) is 0.223. The Morgan fingerprint density at radius 2 is 1.40 bits per heavy atom. The van der Waals surface area contributed by atoms with Gasteiger partial charge in [0.15, 0.2) is 5.78 Å². The molecule has 0 aliphatic heterocycles. The largest absolute Gasteiger partial charge is 0.381 e. The normalized spacial score (nSPS) is 11.5. The second-order valence-corrected chi connectivity index (χ2v) is 5.62. The van der Waals surface area contributed by atoms with Crippen LogP contribution in [-0.2, 0) is 19.0 Å². The van der Waals surface area contributed by atoms with E-state index in [1.54, 1.807) is 0 Å². The van der Waals surface area contributed by atoms with Crippen molar-refractivity contribution in [3.05, 3.63) is 0 Å². The Labute approximate surface area is 124 Å². The SMILES string of the molecule is CC(C)OCCCCCOCCCOCC(=O)C(C)C. The molecule has 0 aliphatic carbocycles. The van der Waals surface area contributed by atoms with Crippen molar-refractivity contribution in [1.82, 2.24) is 0 Å². The third kappa shape index (κ3) is 14.0. The quantitative estimate of drug-likeness (QED) is 0.460. The molecular weight excluding hydrogens is 256 g/mol. The Morgan fingerprint density at radius 3 is 2.05 bits per heavy atom. The van der Waals surface area contributed by atoms with Crippen LogP contribution in [0.15, 0.2) is 0 Å². The number of hydrogen-bond acceptors (Lipinski definition) is 4. The van der Waals surface area contributed by atoms with Crippen molar-refractivity contribution in [3.63, 3.8) is 0 Å². The first-order valence-corrected chi connectivity index (χ1v) is 7.83. The number of carbonyl (C=O) groups is 1. The molecule has 120 valence electrons. The minimum absolute atomic E-state index is 0.0610. The Balaban J connectivity index is 3.08. The van der Waals surface area contributed by atoms with Crippen molar-refractivity contribution >= 4 is 5.78 Å². The maximum Gasteiger partial charge on any atom is 0.160 e. The molecular formula is C16H32O4. The Morgan fingerprint density at radius 1 is 0.800 bits per heavy atom. The van der Waals surface area contributed by atoms with Crippen LogP contribution in [0.2, 0.25) is 0 Å². The van der Waals surface area contributed by atoms with Gasteiger partial charge in [0.25, 0.3) is 0 Å². The van der Waals surface area contributed by atoms with Gasteiger partial charge in [-0.1, -0.05) is 13.8 Å². The highest BCUT2D eigenvalue weighted by atomic mass is 16.5.